The fourth-order valence-electron chi connectivity index (χ4n) is 1.64. The average molecular weight is 305 g/mol. The van der Waals surface area contributed by atoms with Gasteiger partial charge in [-0.1, -0.05) is 15.9 Å². The second-order valence-corrected chi connectivity index (χ2v) is 4.34. The number of hydrogen-bond donors (Lipinski definition) is 0. The minimum absolute atomic E-state index is 0.402. The molecule has 0 bridgehead atoms. The van der Waals surface area contributed by atoms with E-state index in [9.17, 15) is 0 Å². The normalized spacial score (nSPS) is 11.5. The van der Waals surface area contributed by atoms with Gasteiger partial charge in [-0.2, -0.15) is 0 Å². The molecule has 0 heterocycles. The molecule has 0 saturated heterocycles. The van der Waals surface area contributed by atoms with Crippen LogP contribution >= 0.6 is 15.9 Å². The van der Waals surface area contributed by atoms with Gasteiger partial charge in [-0.3, -0.25) is 0 Å². The Balaban J connectivity index is 3.08. The van der Waals surface area contributed by atoms with E-state index in [0.717, 1.165) is 15.6 Å². The molecule has 0 atom stereocenters. The summed E-state index contributed by atoms with van der Waals surface area (Å²) in [4.78, 5) is 0. The highest BCUT2D eigenvalue weighted by Crippen LogP contribution is 2.27. The molecule has 0 fully saturated rings. The minimum Gasteiger partial charge on any atom is -0.352 e. The first-order chi connectivity index (χ1) is 8.15. The maximum Gasteiger partial charge on any atom is 0.183 e. The lowest BCUT2D eigenvalue weighted by Gasteiger charge is -2.18. The first kappa shape index (κ1) is 14.6. The SMILES string of the molecule is COC(OC)c1cc(Br)cc(C(OC)OC)c1. The van der Waals surface area contributed by atoms with Crippen LogP contribution in [0.3, 0.4) is 0 Å². The Morgan fingerprint density at radius 3 is 1.41 bits per heavy atom. The minimum atomic E-state index is -0.402. The first-order valence-corrected chi connectivity index (χ1v) is 5.87. The van der Waals surface area contributed by atoms with Crippen molar-refractivity contribution < 1.29 is 18.9 Å². The van der Waals surface area contributed by atoms with Gasteiger partial charge in [0.2, 0.25) is 0 Å². The second kappa shape index (κ2) is 7.08. The van der Waals surface area contributed by atoms with Gasteiger partial charge in [0, 0.05) is 44.0 Å². The van der Waals surface area contributed by atoms with E-state index < -0.39 is 12.6 Å². The quantitative estimate of drug-likeness (QED) is 0.757. The molecule has 0 saturated carbocycles. The molecule has 96 valence electrons. The molecule has 0 spiro atoms. The predicted molar refractivity (Wildman–Crippen MR) is 67.7 cm³/mol. The van der Waals surface area contributed by atoms with Gasteiger partial charge in [0.05, 0.1) is 0 Å². The van der Waals surface area contributed by atoms with Crippen LogP contribution in [0.5, 0.6) is 0 Å². The summed E-state index contributed by atoms with van der Waals surface area (Å²) < 4.78 is 21.8. The topological polar surface area (TPSA) is 36.9 Å². The number of methoxy groups -OCH3 is 4. The Kier molecular flexibility index (Phi) is 6.08. The third-order valence-corrected chi connectivity index (χ3v) is 2.80. The lowest BCUT2D eigenvalue weighted by Crippen LogP contribution is -2.08. The van der Waals surface area contributed by atoms with Crippen LogP contribution in [0.1, 0.15) is 23.7 Å². The molecular weight excluding hydrogens is 288 g/mol. The molecular formula is C12H17BrO4. The Morgan fingerprint density at radius 2 is 1.12 bits per heavy atom. The molecule has 0 aliphatic rings. The lowest BCUT2D eigenvalue weighted by molar-refractivity contribution is -0.110. The van der Waals surface area contributed by atoms with Crippen LogP contribution in [0.2, 0.25) is 0 Å². The largest absolute Gasteiger partial charge is 0.352 e. The molecule has 1 aromatic rings. The molecule has 1 rings (SSSR count). The Bertz CT molecular complexity index is 318. The van der Waals surface area contributed by atoms with Crippen molar-refractivity contribution in [2.45, 2.75) is 12.6 Å². The molecule has 1 aromatic carbocycles. The van der Waals surface area contributed by atoms with Crippen LogP contribution in [0.15, 0.2) is 22.7 Å². The van der Waals surface area contributed by atoms with Crippen molar-refractivity contribution in [3.8, 4) is 0 Å². The highest BCUT2D eigenvalue weighted by molar-refractivity contribution is 9.10. The predicted octanol–water partition coefficient (Wildman–Crippen LogP) is 3.03. The number of halogens is 1. The summed E-state index contributed by atoms with van der Waals surface area (Å²) in [6.07, 6.45) is -0.804. The zero-order valence-corrected chi connectivity index (χ0v) is 12.0. The Labute approximate surface area is 110 Å². The van der Waals surface area contributed by atoms with Gasteiger partial charge < -0.3 is 18.9 Å². The summed E-state index contributed by atoms with van der Waals surface area (Å²) in [5.74, 6) is 0. The van der Waals surface area contributed by atoms with Crippen LogP contribution in [-0.4, -0.2) is 28.4 Å². The van der Waals surface area contributed by atoms with Gasteiger partial charge in [0.25, 0.3) is 0 Å². The van der Waals surface area contributed by atoms with E-state index in [1.807, 2.05) is 18.2 Å². The van der Waals surface area contributed by atoms with E-state index in [1.54, 1.807) is 28.4 Å². The third kappa shape index (κ3) is 3.76. The smallest absolute Gasteiger partial charge is 0.183 e. The molecule has 0 N–H and O–H groups in total. The molecule has 0 unspecified atom stereocenters. The van der Waals surface area contributed by atoms with Crippen LogP contribution in [0, 0.1) is 0 Å². The Morgan fingerprint density at radius 1 is 0.765 bits per heavy atom. The van der Waals surface area contributed by atoms with E-state index in [4.69, 9.17) is 18.9 Å². The van der Waals surface area contributed by atoms with Crippen LogP contribution in [0.4, 0.5) is 0 Å². The number of benzene rings is 1. The summed E-state index contributed by atoms with van der Waals surface area (Å²) in [5.41, 5.74) is 1.80. The molecule has 0 radical (unpaired) electrons. The molecule has 0 aromatic heterocycles. The zero-order valence-electron chi connectivity index (χ0n) is 10.4. The van der Waals surface area contributed by atoms with Crippen LogP contribution < -0.4 is 0 Å². The van der Waals surface area contributed by atoms with Crippen LogP contribution in [-0.2, 0) is 18.9 Å². The van der Waals surface area contributed by atoms with Gasteiger partial charge in [-0.05, 0) is 18.2 Å². The lowest BCUT2D eigenvalue weighted by atomic mass is 10.1. The summed E-state index contributed by atoms with van der Waals surface area (Å²) in [7, 11) is 6.38. The molecule has 0 amide bonds. The van der Waals surface area contributed by atoms with Crippen molar-refractivity contribution in [2.24, 2.45) is 0 Å². The zero-order chi connectivity index (χ0) is 12.8. The van der Waals surface area contributed by atoms with Gasteiger partial charge in [0.15, 0.2) is 12.6 Å². The van der Waals surface area contributed by atoms with Gasteiger partial charge >= 0.3 is 0 Å². The summed E-state index contributed by atoms with van der Waals surface area (Å²) in [6.45, 7) is 0. The molecule has 17 heavy (non-hydrogen) atoms. The average Bonchev–Trinajstić information content (AvgIpc) is 2.31. The van der Waals surface area contributed by atoms with Gasteiger partial charge in [0.1, 0.15) is 0 Å². The standard InChI is InChI=1S/C12H17BrO4/c1-14-11(15-2)8-5-9(7-10(13)6-8)12(16-3)17-4/h5-7,11-12H,1-4H3. The summed E-state index contributed by atoms with van der Waals surface area (Å²) in [6, 6.07) is 5.80. The van der Waals surface area contributed by atoms with Crippen molar-refractivity contribution in [3.05, 3.63) is 33.8 Å². The first-order valence-electron chi connectivity index (χ1n) is 5.07. The molecule has 0 aliphatic heterocycles. The summed E-state index contributed by atoms with van der Waals surface area (Å²) >= 11 is 3.44. The fourth-order valence-corrected chi connectivity index (χ4v) is 2.17. The van der Waals surface area contributed by atoms with Crippen molar-refractivity contribution in [1.82, 2.24) is 0 Å². The highest BCUT2D eigenvalue weighted by Gasteiger charge is 2.15. The monoisotopic (exact) mass is 304 g/mol. The fraction of sp³-hybridized carbons (Fsp3) is 0.500. The summed E-state index contributed by atoms with van der Waals surface area (Å²) in [5, 5.41) is 0. The van der Waals surface area contributed by atoms with Crippen molar-refractivity contribution in [3.63, 3.8) is 0 Å². The number of ether oxygens (including phenoxy) is 4. The molecule has 4 nitrogen and oxygen atoms in total. The van der Waals surface area contributed by atoms with Crippen LogP contribution in [0.25, 0.3) is 0 Å². The Hall–Kier alpha value is -0.460. The maximum atomic E-state index is 5.22. The van der Waals surface area contributed by atoms with E-state index in [0.29, 0.717) is 0 Å². The van der Waals surface area contributed by atoms with Crippen molar-refractivity contribution in [1.29, 1.82) is 0 Å². The molecule has 5 heteroatoms. The number of hydrogen-bond acceptors (Lipinski definition) is 4. The van der Waals surface area contributed by atoms with Crippen molar-refractivity contribution in [2.75, 3.05) is 28.4 Å². The van der Waals surface area contributed by atoms with E-state index in [1.165, 1.54) is 0 Å². The number of rotatable bonds is 6. The van der Waals surface area contributed by atoms with E-state index in [-0.39, 0.29) is 0 Å². The van der Waals surface area contributed by atoms with Crippen molar-refractivity contribution >= 4 is 15.9 Å². The van der Waals surface area contributed by atoms with Gasteiger partial charge in [-0.25, -0.2) is 0 Å². The second-order valence-electron chi connectivity index (χ2n) is 3.42. The van der Waals surface area contributed by atoms with E-state index in [2.05, 4.69) is 15.9 Å². The molecule has 0 aliphatic carbocycles. The maximum absolute atomic E-state index is 5.22. The highest BCUT2D eigenvalue weighted by atomic mass is 79.9. The third-order valence-electron chi connectivity index (χ3n) is 2.34. The van der Waals surface area contributed by atoms with E-state index >= 15 is 0 Å². The van der Waals surface area contributed by atoms with Gasteiger partial charge in [-0.15, -0.1) is 0 Å².